The van der Waals surface area contributed by atoms with E-state index >= 15 is 0 Å². The van der Waals surface area contributed by atoms with Crippen LogP contribution in [0, 0.1) is 6.92 Å². The Kier molecular flexibility index (Phi) is 5.39. The van der Waals surface area contributed by atoms with E-state index in [1.54, 1.807) is 0 Å². The first-order chi connectivity index (χ1) is 9.28. The minimum atomic E-state index is 0.674. The van der Waals surface area contributed by atoms with Crippen LogP contribution in [0.15, 0.2) is 6.07 Å². The SMILES string of the molecule is CCCNc1cc(NCCC2CCCN2)nc(C)n1. The van der Waals surface area contributed by atoms with Crippen molar-refractivity contribution in [3.8, 4) is 0 Å². The minimum absolute atomic E-state index is 0.674. The van der Waals surface area contributed by atoms with Gasteiger partial charge >= 0.3 is 0 Å². The van der Waals surface area contributed by atoms with Gasteiger partial charge in [-0.3, -0.25) is 0 Å². The van der Waals surface area contributed by atoms with E-state index in [9.17, 15) is 0 Å². The van der Waals surface area contributed by atoms with E-state index in [2.05, 4.69) is 32.8 Å². The molecule has 2 heterocycles. The first kappa shape index (κ1) is 14.1. The Bertz CT molecular complexity index is 387. The highest BCUT2D eigenvalue weighted by atomic mass is 15.1. The molecule has 5 heteroatoms. The Balaban J connectivity index is 1.82. The van der Waals surface area contributed by atoms with Crippen LogP contribution in [0.3, 0.4) is 0 Å². The molecule has 1 aromatic heterocycles. The summed E-state index contributed by atoms with van der Waals surface area (Å²) in [7, 11) is 0. The van der Waals surface area contributed by atoms with Gasteiger partial charge < -0.3 is 16.0 Å². The van der Waals surface area contributed by atoms with E-state index in [0.29, 0.717) is 6.04 Å². The smallest absolute Gasteiger partial charge is 0.131 e. The number of hydrogen-bond donors (Lipinski definition) is 3. The molecule has 0 saturated carbocycles. The summed E-state index contributed by atoms with van der Waals surface area (Å²) in [5, 5.41) is 10.2. The van der Waals surface area contributed by atoms with Crippen LogP contribution in [0.25, 0.3) is 0 Å². The van der Waals surface area contributed by atoms with Gasteiger partial charge in [0.05, 0.1) is 0 Å². The molecule has 0 bridgehead atoms. The molecule has 1 aromatic rings. The number of aromatic nitrogens is 2. The van der Waals surface area contributed by atoms with Gasteiger partial charge in [-0.1, -0.05) is 6.92 Å². The number of aryl methyl sites for hydroxylation is 1. The van der Waals surface area contributed by atoms with E-state index in [0.717, 1.165) is 43.4 Å². The Morgan fingerprint density at radius 3 is 2.63 bits per heavy atom. The lowest BCUT2D eigenvalue weighted by atomic mass is 10.1. The van der Waals surface area contributed by atoms with Crippen molar-refractivity contribution in [3.63, 3.8) is 0 Å². The summed E-state index contributed by atoms with van der Waals surface area (Å²) < 4.78 is 0. The first-order valence-corrected chi connectivity index (χ1v) is 7.34. The summed E-state index contributed by atoms with van der Waals surface area (Å²) in [4.78, 5) is 8.81. The lowest BCUT2D eigenvalue weighted by Gasteiger charge is -2.12. The van der Waals surface area contributed by atoms with Crippen molar-refractivity contribution < 1.29 is 0 Å². The summed E-state index contributed by atoms with van der Waals surface area (Å²) in [5.74, 6) is 2.64. The Labute approximate surface area is 115 Å². The molecule has 0 aliphatic carbocycles. The van der Waals surface area contributed by atoms with Crippen LogP contribution in [0.4, 0.5) is 11.6 Å². The van der Waals surface area contributed by atoms with Crippen molar-refractivity contribution in [2.24, 2.45) is 0 Å². The fraction of sp³-hybridized carbons (Fsp3) is 0.714. The van der Waals surface area contributed by atoms with Gasteiger partial charge in [0.2, 0.25) is 0 Å². The summed E-state index contributed by atoms with van der Waals surface area (Å²) in [6, 6.07) is 2.66. The quantitative estimate of drug-likeness (QED) is 0.703. The Morgan fingerprint density at radius 2 is 2.00 bits per heavy atom. The molecule has 1 saturated heterocycles. The van der Waals surface area contributed by atoms with Crippen LogP contribution in [0.2, 0.25) is 0 Å². The van der Waals surface area contributed by atoms with E-state index in [1.807, 2.05) is 13.0 Å². The van der Waals surface area contributed by atoms with Crippen LogP contribution in [0.1, 0.15) is 38.4 Å². The molecule has 0 amide bonds. The van der Waals surface area contributed by atoms with E-state index in [-0.39, 0.29) is 0 Å². The van der Waals surface area contributed by atoms with Crippen molar-refractivity contribution in [1.82, 2.24) is 15.3 Å². The molecule has 1 fully saturated rings. The molecular formula is C14H25N5. The molecule has 3 N–H and O–H groups in total. The van der Waals surface area contributed by atoms with E-state index < -0.39 is 0 Å². The zero-order valence-corrected chi connectivity index (χ0v) is 12.0. The first-order valence-electron chi connectivity index (χ1n) is 7.34. The van der Waals surface area contributed by atoms with Crippen LogP contribution in [-0.4, -0.2) is 35.6 Å². The molecule has 1 aliphatic rings. The summed E-state index contributed by atoms with van der Waals surface area (Å²) in [6.07, 6.45) is 4.86. The second-order valence-electron chi connectivity index (χ2n) is 5.12. The fourth-order valence-electron chi connectivity index (χ4n) is 2.38. The maximum Gasteiger partial charge on any atom is 0.131 e. The monoisotopic (exact) mass is 263 g/mol. The Hall–Kier alpha value is -1.36. The molecule has 1 unspecified atom stereocenters. The molecule has 2 rings (SSSR count). The van der Waals surface area contributed by atoms with Crippen LogP contribution >= 0.6 is 0 Å². The van der Waals surface area contributed by atoms with Crippen molar-refractivity contribution >= 4 is 11.6 Å². The lowest BCUT2D eigenvalue weighted by Crippen LogP contribution is -2.24. The minimum Gasteiger partial charge on any atom is -0.370 e. The molecule has 0 spiro atoms. The Morgan fingerprint density at radius 1 is 1.26 bits per heavy atom. The van der Waals surface area contributed by atoms with E-state index in [1.165, 1.54) is 19.4 Å². The van der Waals surface area contributed by atoms with Crippen LogP contribution in [-0.2, 0) is 0 Å². The van der Waals surface area contributed by atoms with Gasteiger partial charge in [-0.2, -0.15) is 0 Å². The predicted molar refractivity (Wildman–Crippen MR) is 79.7 cm³/mol. The van der Waals surface area contributed by atoms with Crippen molar-refractivity contribution in [1.29, 1.82) is 0 Å². The molecule has 0 aromatic carbocycles. The summed E-state index contributed by atoms with van der Waals surface area (Å²) in [6.45, 7) is 7.15. The van der Waals surface area contributed by atoms with Gasteiger partial charge in [0, 0.05) is 25.2 Å². The summed E-state index contributed by atoms with van der Waals surface area (Å²) >= 11 is 0. The molecule has 5 nitrogen and oxygen atoms in total. The average Bonchev–Trinajstić information content (AvgIpc) is 2.89. The molecule has 106 valence electrons. The number of anilines is 2. The second-order valence-corrected chi connectivity index (χ2v) is 5.12. The number of nitrogens with one attached hydrogen (secondary N) is 3. The zero-order chi connectivity index (χ0) is 13.5. The van der Waals surface area contributed by atoms with Crippen LogP contribution in [0.5, 0.6) is 0 Å². The van der Waals surface area contributed by atoms with Gasteiger partial charge in [-0.15, -0.1) is 0 Å². The van der Waals surface area contributed by atoms with Crippen LogP contribution < -0.4 is 16.0 Å². The standard InChI is InChI=1S/C14H25N5/c1-3-7-16-13-10-14(19-11(2)18-13)17-9-6-12-5-4-8-15-12/h10,12,15H,3-9H2,1-2H3,(H2,16,17,18,19). The van der Waals surface area contributed by atoms with Gasteiger partial charge in [0.15, 0.2) is 0 Å². The number of nitrogens with zero attached hydrogens (tertiary/aromatic N) is 2. The number of hydrogen-bond acceptors (Lipinski definition) is 5. The van der Waals surface area contributed by atoms with Gasteiger partial charge in [-0.05, 0) is 39.2 Å². The van der Waals surface area contributed by atoms with Crippen molar-refractivity contribution in [3.05, 3.63) is 11.9 Å². The van der Waals surface area contributed by atoms with Crippen molar-refractivity contribution in [2.45, 2.75) is 45.6 Å². The number of rotatable bonds is 7. The molecule has 1 atom stereocenters. The van der Waals surface area contributed by atoms with E-state index in [4.69, 9.17) is 0 Å². The molecule has 1 aliphatic heterocycles. The largest absolute Gasteiger partial charge is 0.370 e. The van der Waals surface area contributed by atoms with Crippen molar-refractivity contribution in [2.75, 3.05) is 30.3 Å². The predicted octanol–water partition coefficient (Wildman–Crippen LogP) is 2.16. The normalized spacial score (nSPS) is 18.5. The molecule has 19 heavy (non-hydrogen) atoms. The highest BCUT2D eigenvalue weighted by Crippen LogP contribution is 2.13. The average molecular weight is 263 g/mol. The zero-order valence-electron chi connectivity index (χ0n) is 12.0. The fourth-order valence-corrected chi connectivity index (χ4v) is 2.38. The topological polar surface area (TPSA) is 61.9 Å². The molecular weight excluding hydrogens is 238 g/mol. The summed E-state index contributed by atoms with van der Waals surface area (Å²) in [5.41, 5.74) is 0. The maximum absolute atomic E-state index is 4.42. The molecule has 0 radical (unpaired) electrons. The maximum atomic E-state index is 4.42. The lowest BCUT2D eigenvalue weighted by molar-refractivity contribution is 0.574. The second kappa shape index (κ2) is 7.28. The highest BCUT2D eigenvalue weighted by Gasteiger charge is 2.13. The van der Waals surface area contributed by atoms with Gasteiger partial charge in [0.25, 0.3) is 0 Å². The van der Waals surface area contributed by atoms with Gasteiger partial charge in [0.1, 0.15) is 17.5 Å². The third-order valence-corrected chi connectivity index (χ3v) is 3.36. The third-order valence-electron chi connectivity index (χ3n) is 3.36. The van der Waals surface area contributed by atoms with Gasteiger partial charge in [-0.25, -0.2) is 9.97 Å². The third kappa shape index (κ3) is 4.67. The highest BCUT2D eigenvalue weighted by molar-refractivity contribution is 5.47.